The lowest BCUT2D eigenvalue weighted by molar-refractivity contribution is -0.145. The minimum Gasteiger partial charge on any atom is -0.422 e. The molecule has 2 N–H and O–H groups in total. The van der Waals surface area contributed by atoms with Crippen LogP contribution in [0, 0.1) is 10.8 Å². The van der Waals surface area contributed by atoms with E-state index in [1.807, 2.05) is 60.7 Å². The highest BCUT2D eigenvalue weighted by Gasteiger charge is 2.35. The minimum absolute atomic E-state index is 0. The molecule has 274 valence electrons. The van der Waals surface area contributed by atoms with Crippen LogP contribution in [0.5, 0.6) is 11.5 Å². The van der Waals surface area contributed by atoms with Crippen molar-refractivity contribution < 1.29 is 33.4 Å². The zero-order chi connectivity index (χ0) is 36.5. The van der Waals surface area contributed by atoms with Crippen LogP contribution in [0.4, 0.5) is 0 Å². The average Bonchev–Trinajstić information content (AvgIpc) is 3.56. The first-order valence-electron chi connectivity index (χ1n) is 17.1. The van der Waals surface area contributed by atoms with Crippen molar-refractivity contribution >= 4 is 46.5 Å². The SMILES string of the molecule is Br.CC(C)(C)C(=O)Oc1ccc(C(=O)CNCC(Cc2ccccc2)NC(=O)[C@H]2CCCN2C(=O)Cc2ccccc2)cc1OC(=O)C(C)(C)C. The van der Waals surface area contributed by atoms with E-state index in [1.54, 1.807) is 46.4 Å². The molecule has 3 aromatic carbocycles. The van der Waals surface area contributed by atoms with E-state index in [0.29, 0.717) is 19.4 Å². The van der Waals surface area contributed by atoms with E-state index >= 15 is 0 Å². The molecule has 1 unspecified atom stereocenters. The van der Waals surface area contributed by atoms with Gasteiger partial charge in [-0.05, 0) is 90.1 Å². The van der Waals surface area contributed by atoms with Crippen LogP contribution in [0.3, 0.4) is 0 Å². The molecular formula is C40H50BrN3O7. The fourth-order valence-corrected chi connectivity index (χ4v) is 5.39. The summed E-state index contributed by atoms with van der Waals surface area (Å²) in [4.78, 5) is 67.2. The Labute approximate surface area is 311 Å². The summed E-state index contributed by atoms with van der Waals surface area (Å²) in [6.07, 6.45) is 2.08. The Hall–Kier alpha value is -4.35. The summed E-state index contributed by atoms with van der Waals surface area (Å²) < 4.78 is 11.2. The molecule has 0 saturated carbocycles. The van der Waals surface area contributed by atoms with Gasteiger partial charge in [-0.25, -0.2) is 0 Å². The van der Waals surface area contributed by atoms with Gasteiger partial charge >= 0.3 is 11.9 Å². The van der Waals surface area contributed by atoms with E-state index in [-0.39, 0.29) is 77.2 Å². The van der Waals surface area contributed by atoms with Crippen molar-refractivity contribution in [3.05, 3.63) is 95.6 Å². The van der Waals surface area contributed by atoms with Crippen molar-refractivity contribution in [3.63, 3.8) is 0 Å². The summed E-state index contributed by atoms with van der Waals surface area (Å²) in [6, 6.07) is 22.7. The standard InChI is InChI=1S/C40H49N3O7.BrH/c1-39(2,3)37(47)49-33-20-19-29(24-34(33)50-38(48)40(4,5)6)32(44)26-41-25-30(22-27-14-9-7-10-15-27)42-36(46)31-18-13-21-43(31)35(45)23-28-16-11-8-12-17-28;/h7-12,14-17,19-20,24,30-31,41H,13,18,21-23,25-26H2,1-6H3,(H,42,46);1H/t30?,31-;/m1./s1. The van der Waals surface area contributed by atoms with Gasteiger partial charge in [0.1, 0.15) is 6.04 Å². The molecule has 1 aliphatic rings. The first-order chi connectivity index (χ1) is 23.6. The number of likely N-dealkylation sites (tertiary alicyclic amines) is 1. The summed E-state index contributed by atoms with van der Waals surface area (Å²) in [5.74, 6) is -1.63. The van der Waals surface area contributed by atoms with Crippen molar-refractivity contribution in [2.24, 2.45) is 10.8 Å². The second-order valence-corrected chi connectivity index (χ2v) is 14.8. The molecule has 1 saturated heterocycles. The number of Topliss-reactive ketones (excluding diaryl/α,β-unsaturated/α-hetero) is 1. The molecule has 0 aromatic heterocycles. The van der Waals surface area contributed by atoms with Gasteiger partial charge in [0.05, 0.1) is 23.8 Å². The molecule has 51 heavy (non-hydrogen) atoms. The van der Waals surface area contributed by atoms with Gasteiger partial charge < -0.3 is 25.0 Å². The van der Waals surface area contributed by atoms with Crippen LogP contribution in [-0.2, 0) is 32.0 Å². The topological polar surface area (TPSA) is 131 Å². The first-order valence-corrected chi connectivity index (χ1v) is 17.1. The smallest absolute Gasteiger partial charge is 0.316 e. The Bertz CT molecular complexity index is 1670. The van der Waals surface area contributed by atoms with Crippen molar-refractivity contribution in [1.29, 1.82) is 0 Å². The highest BCUT2D eigenvalue weighted by Crippen LogP contribution is 2.33. The van der Waals surface area contributed by atoms with Crippen molar-refractivity contribution in [2.75, 3.05) is 19.6 Å². The third-order valence-corrected chi connectivity index (χ3v) is 8.32. The van der Waals surface area contributed by atoms with Crippen molar-refractivity contribution in [2.45, 2.75) is 79.3 Å². The van der Waals surface area contributed by atoms with E-state index < -0.39 is 28.8 Å². The molecule has 0 aliphatic carbocycles. The number of ether oxygens (including phenoxy) is 2. The molecule has 4 rings (SSSR count). The molecule has 0 spiro atoms. The van der Waals surface area contributed by atoms with Gasteiger partial charge in [0, 0.05) is 24.7 Å². The number of carbonyl (C=O) groups is 5. The summed E-state index contributed by atoms with van der Waals surface area (Å²) in [6.45, 7) is 11.0. The largest absolute Gasteiger partial charge is 0.422 e. The van der Waals surface area contributed by atoms with E-state index in [4.69, 9.17) is 9.47 Å². The molecule has 2 amide bonds. The lowest BCUT2D eigenvalue weighted by atomic mass is 9.97. The molecule has 10 nitrogen and oxygen atoms in total. The molecule has 0 radical (unpaired) electrons. The molecular weight excluding hydrogens is 714 g/mol. The third kappa shape index (κ3) is 12.1. The maximum Gasteiger partial charge on any atom is 0.316 e. The quantitative estimate of drug-likeness (QED) is 0.125. The molecule has 3 aromatic rings. The number of benzene rings is 3. The zero-order valence-electron chi connectivity index (χ0n) is 30.3. The number of halogens is 1. The number of hydrogen-bond donors (Lipinski definition) is 2. The second kappa shape index (κ2) is 18.2. The average molecular weight is 765 g/mol. The van der Waals surface area contributed by atoms with Crippen LogP contribution in [0.1, 0.15) is 75.9 Å². The van der Waals surface area contributed by atoms with Gasteiger partial charge in [-0.15, -0.1) is 17.0 Å². The van der Waals surface area contributed by atoms with Crippen LogP contribution in [0.2, 0.25) is 0 Å². The number of rotatable bonds is 13. The lowest BCUT2D eigenvalue weighted by Crippen LogP contribution is -2.52. The maximum atomic E-state index is 13.6. The van der Waals surface area contributed by atoms with Crippen molar-refractivity contribution in [3.8, 4) is 11.5 Å². The Morgan fingerprint density at radius 1 is 0.784 bits per heavy atom. The number of nitrogens with one attached hydrogen (secondary N) is 2. The molecule has 0 bridgehead atoms. The van der Waals surface area contributed by atoms with E-state index in [1.165, 1.54) is 18.2 Å². The van der Waals surface area contributed by atoms with Gasteiger partial charge in [-0.2, -0.15) is 0 Å². The Kier molecular flexibility index (Phi) is 14.7. The molecule has 1 aliphatic heterocycles. The number of esters is 2. The molecule has 2 atom stereocenters. The van der Waals surface area contributed by atoms with Crippen molar-refractivity contribution in [1.82, 2.24) is 15.5 Å². The van der Waals surface area contributed by atoms with Crippen LogP contribution in [-0.4, -0.2) is 66.2 Å². The summed E-state index contributed by atoms with van der Waals surface area (Å²) in [7, 11) is 0. The zero-order valence-corrected chi connectivity index (χ0v) is 32.0. The maximum absolute atomic E-state index is 13.6. The minimum atomic E-state index is -0.838. The first kappa shape index (κ1) is 41.1. The number of amides is 2. The Morgan fingerprint density at radius 2 is 1.35 bits per heavy atom. The summed E-state index contributed by atoms with van der Waals surface area (Å²) in [5.41, 5.74) is 0.533. The van der Waals surface area contributed by atoms with Gasteiger partial charge in [-0.1, -0.05) is 60.7 Å². The van der Waals surface area contributed by atoms with Gasteiger partial charge in [0.25, 0.3) is 0 Å². The summed E-state index contributed by atoms with van der Waals surface area (Å²) in [5, 5.41) is 6.32. The Balaban J connectivity index is 0.00000702. The van der Waals surface area contributed by atoms with Crippen LogP contribution >= 0.6 is 17.0 Å². The predicted octanol–water partition coefficient (Wildman–Crippen LogP) is 5.90. The monoisotopic (exact) mass is 763 g/mol. The van der Waals surface area contributed by atoms with Crippen LogP contribution in [0.15, 0.2) is 78.9 Å². The van der Waals surface area contributed by atoms with Crippen LogP contribution in [0.25, 0.3) is 0 Å². The molecule has 1 heterocycles. The van der Waals surface area contributed by atoms with Crippen LogP contribution < -0.4 is 20.1 Å². The van der Waals surface area contributed by atoms with E-state index in [9.17, 15) is 24.0 Å². The fraction of sp³-hybridized carbons (Fsp3) is 0.425. The second-order valence-electron chi connectivity index (χ2n) is 14.8. The third-order valence-electron chi connectivity index (χ3n) is 8.32. The Morgan fingerprint density at radius 3 is 1.94 bits per heavy atom. The highest BCUT2D eigenvalue weighted by atomic mass is 79.9. The van der Waals surface area contributed by atoms with Gasteiger partial charge in [0.2, 0.25) is 11.8 Å². The summed E-state index contributed by atoms with van der Waals surface area (Å²) >= 11 is 0. The number of hydrogen-bond acceptors (Lipinski definition) is 8. The fourth-order valence-electron chi connectivity index (χ4n) is 5.39. The molecule has 11 heteroatoms. The lowest BCUT2D eigenvalue weighted by Gasteiger charge is -2.27. The number of nitrogens with zero attached hydrogens (tertiary/aromatic N) is 1. The highest BCUT2D eigenvalue weighted by molar-refractivity contribution is 8.93. The molecule has 1 fully saturated rings. The normalized spacial score (nSPS) is 14.9. The van der Waals surface area contributed by atoms with E-state index in [2.05, 4.69) is 10.6 Å². The van der Waals surface area contributed by atoms with Gasteiger partial charge in [0.15, 0.2) is 17.3 Å². The van der Waals surface area contributed by atoms with Gasteiger partial charge in [-0.3, -0.25) is 24.0 Å². The van der Waals surface area contributed by atoms with E-state index in [0.717, 1.165) is 17.5 Å². The predicted molar refractivity (Wildman–Crippen MR) is 201 cm³/mol. The number of ketones is 1. The number of carbonyl (C=O) groups excluding carboxylic acids is 5.